The predicted octanol–water partition coefficient (Wildman–Crippen LogP) is 3.85. The molecule has 1 aromatic carbocycles. The van der Waals surface area contributed by atoms with E-state index in [9.17, 15) is 4.79 Å². The summed E-state index contributed by atoms with van der Waals surface area (Å²) < 4.78 is 0.906. The van der Waals surface area contributed by atoms with Crippen molar-refractivity contribution in [3.63, 3.8) is 0 Å². The first-order chi connectivity index (χ1) is 7.79. The Morgan fingerprint density at radius 2 is 2.06 bits per heavy atom. The van der Waals surface area contributed by atoms with Crippen LogP contribution < -0.4 is 0 Å². The van der Waals surface area contributed by atoms with Crippen molar-refractivity contribution >= 4 is 33.4 Å². The summed E-state index contributed by atoms with van der Waals surface area (Å²) in [4.78, 5) is 14.1. The molecule has 94 valence electrons. The number of halogens is 2. The largest absolute Gasteiger partial charge is 0.335 e. The lowest BCUT2D eigenvalue weighted by Crippen LogP contribution is -2.46. The number of hydrogen-bond donors (Lipinski definition) is 0. The topological polar surface area (TPSA) is 20.3 Å². The third-order valence-corrected chi connectivity index (χ3v) is 4.12. The number of aryl methyl sites for hydroxylation is 1. The molecule has 1 amide bonds. The van der Waals surface area contributed by atoms with Crippen molar-refractivity contribution in [2.45, 2.75) is 26.3 Å². The second-order valence-electron chi connectivity index (χ2n) is 4.77. The lowest BCUT2D eigenvalue weighted by Gasteiger charge is -2.34. The van der Waals surface area contributed by atoms with E-state index in [-0.39, 0.29) is 11.4 Å². The molecule has 4 heteroatoms. The number of carbonyl (C=O) groups excluding carboxylic acids is 1. The van der Waals surface area contributed by atoms with Gasteiger partial charge in [0, 0.05) is 23.0 Å². The highest BCUT2D eigenvalue weighted by Gasteiger charge is 2.28. The van der Waals surface area contributed by atoms with Crippen LogP contribution in [0.2, 0.25) is 0 Å². The molecule has 2 nitrogen and oxygen atoms in total. The summed E-state index contributed by atoms with van der Waals surface area (Å²) in [6.07, 6.45) is 0. The number of benzene rings is 1. The average Bonchev–Trinajstić information content (AvgIpc) is 2.30. The van der Waals surface area contributed by atoms with Crippen LogP contribution in [0, 0.1) is 6.92 Å². The smallest absolute Gasteiger partial charge is 0.254 e. The Kier molecular flexibility index (Phi) is 4.62. The third kappa shape index (κ3) is 3.23. The maximum absolute atomic E-state index is 12.4. The standard InChI is InChI=1S/C13H17BrClNO/c1-9-5-6-10(14)7-11(9)12(17)16(4)13(2,3)8-15/h5-7H,8H2,1-4H3. The zero-order valence-corrected chi connectivity index (χ0v) is 12.9. The van der Waals surface area contributed by atoms with E-state index in [2.05, 4.69) is 15.9 Å². The van der Waals surface area contributed by atoms with E-state index >= 15 is 0 Å². The van der Waals surface area contributed by atoms with E-state index in [1.165, 1.54) is 0 Å². The minimum Gasteiger partial charge on any atom is -0.335 e. The van der Waals surface area contributed by atoms with E-state index in [1.54, 1.807) is 11.9 Å². The van der Waals surface area contributed by atoms with E-state index in [0.29, 0.717) is 11.4 Å². The fourth-order valence-corrected chi connectivity index (χ4v) is 1.91. The van der Waals surface area contributed by atoms with Crippen molar-refractivity contribution in [2.75, 3.05) is 12.9 Å². The summed E-state index contributed by atoms with van der Waals surface area (Å²) in [5.74, 6) is 0.400. The Labute approximate surface area is 116 Å². The van der Waals surface area contributed by atoms with Crippen LogP contribution in [0.3, 0.4) is 0 Å². The monoisotopic (exact) mass is 317 g/mol. The van der Waals surface area contributed by atoms with Crippen LogP contribution in [-0.2, 0) is 0 Å². The predicted molar refractivity (Wildman–Crippen MR) is 75.8 cm³/mol. The molecule has 17 heavy (non-hydrogen) atoms. The lowest BCUT2D eigenvalue weighted by molar-refractivity contribution is 0.0659. The minimum absolute atomic E-state index is 0.00514. The van der Waals surface area contributed by atoms with E-state index in [1.807, 2.05) is 39.0 Å². The van der Waals surface area contributed by atoms with Crippen molar-refractivity contribution in [3.8, 4) is 0 Å². The molecule has 0 aliphatic rings. The van der Waals surface area contributed by atoms with Gasteiger partial charge in [0.15, 0.2) is 0 Å². The molecule has 0 unspecified atom stereocenters. The molecular formula is C13H17BrClNO. The summed E-state index contributed by atoms with van der Waals surface area (Å²) >= 11 is 9.27. The first-order valence-corrected chi connectivity index (χ1v) is 6.72. The van der Waals surface area contributed by atoms with E-state index in [4.69, 9.17) is 11.6 Å². The quantitative estimate of drug-likeness (QED) is 0.775. The molecule has 0 aliphatic carbocycles. The second-order valence-corrected chi connectivity index (χ2v) is 5.95. The summed E-state index contributed by atoms with van der Waals surface area (Å²) in [7, 11) is 1.78. The summed E-state index contributed by atoms with van der Waals surface area (Å²) in [6.45, 7) is 5.83. The van der Waals surface area contributed by atoms with Crippen LogP contribution in [0.4, 0.5) is 0 Å². The van der Waals surface area contributed by atoms with Gasteiger partial charge in [0.1, 0.15) is 0 Å². The van der Waals surface area contributed by atoms with Gasteiger partial charge in [-0.2, -0.15) is 0 Å². The zero-order chi connectivity index (χ0) is 13.2. The van der Waals surface area contributed by atoms with Crippen molar-refractivity contribution < 1.29 is 4.79 Å². The highest BCUT2D eigenvalue weighted by atomic mass is 79.9. The molecule has 1 aromatic rings. The van der Waals surface area contributed by atoms with Gasteiger partial charge in [0.2, 0.25) is 0 Å². The van der Waals surface area contributed by atoms with Crippen molar-refractivity contribution in [2.24, 2.45) is 0 Å². The van der Waals surface area contributed by atoms with Gasteiger partial charge in [-0.25, -0.2) is 0 Å². The van der Waals surface area contributed by atoms with Crippen molar-refractivity contribution in [1.29, 1.82) is 0 Å². The van der Waals surface area contributed by atoms with Gasteiger partial charge in [-0.15, -0.1) is 11.6 Å². The molecule has 0 N–H and O–H groups in total. The van der Waals surface area contributed by atoms with Gasteiger partial charge in [0.05, 0.1) is 5.54 Å². The maximum Gasteiger partial charge on any atom is 0.254 e. The Morgan fingerprint density at radius 1 is 1.47 bits per heavy atom. The lowest BCUT2D eigenvalue weighted by atomic mass is 10.0. The molecule has 0 heterocycles. The zero-order valence-electron chi connectivity index (χ0n) is 10.6. The number of rotatable bonds is 3. The molecule has 0 radical (unpaired) electrons. The van der Waals surface area contributed by atoms with Crippen LogP contribution in [-0.4, -0.2) is 29.3 Å². The Bertz CT molecular complexity index is 431. The summed E-state index contributed by atoms with van der Waals surface area (Å²) in [5, 5.41) is 0. The van der Waals surface area contributed by atoms with Crippen LogP contribution in [0.25, 0.3) is 0 Å². The molecule has 0 fully saturated rings. The Morgan fingerprint density at radius 3 is 2.59 bits per heavy atom. The van der Waals surface area contributed by atoms with E-state index < -0.39 is 0 Å². The summed E-state index contributed by atoms with van der Waals surface area (Å²) in [5.41, 5.74) is 1.32. The molecule has 1 rings (SSSR count). The molecular weight excluding hydrogens is 302 g/mol. The summed E-state index contributed by atoms with van der Waals surface area (Å²) in [6, 6.07) is 5.70. The average molecular weight is 319 g/mol. The fourth-order valence-electron chi connectivity index (χ4n) is 1.37. The van der Waals surface area contributed by atoms with Gasteiger partial charge in [-0.1, -0.05) is 22.0 Å². The van der Waals surface area contributed by atoms with Gasteiger partial charge >= 0.3 is 0 Å². The van der Waals surface area contributed by atoms with Crippen LogP contribution >= 0.6 is 27.5 Å². The molecule has 0 atom stereocenters. The number of carbonyl (C=O) groups is 1. The van der Waals surface area contributed by atoms with Crippen LogP contribution in [0.1, 0.15) is 29.8 Å². The normalized spacial score (nSPS) is 11.4. The van der Waals surface area contributed by atoms with Gasteiger partial charge in [-0.3, -0.25) is 4.79 Å². The van der Waals surface area contributed by atoms with Crippen LogP contribution in [0.5, 0.6) is 0 Å². The molecule has 0 bridgehead atoms. The van der Waals surface area contributed by atoms with E-state index in [0.717, 1.165) is 10.0 Å². The van der Waals surface area contributed by atoms with Crippen molar-refractivity contribution in [1.82, 2.24) is 4.90 Å². The maximum atomic E-state index is 12.4. The number of hydrogen-bond acceptors (Lipinski definition) is 1. The first kappa shape index (κ1) is 14.5. The fraction of sp³-hybridized carbons (Fsp3) is 0.462. The second kappa shape index (κ2) is 5.40. The SMILES string of the molecule is Cc1ccc(Br)cc1C(=O)N(C)C(C)(C)CCl. The molecule has 0 saturated heterocycles. The molecule has 0 aromatic heterocycles. The number of amides is 1. The molecule has 0 spiro atoms. The van der Waals surface area contributed by atoms with Gasteiger partial charge in [-0.05, 0) is 38.5 Å². The first-order valence-electron chi connectivity index (χ1n) is 5.40. The highest BCUT2D eigenvalue weighted by Crippen LogP contribution is 2.21. The highest BCUT2D eigenvalue weighted by molar-refractivity contribution is 9.10. The Balaban J connectivity index is 3.08. The van der Waals surface area contributed by atoms with Gasteiger partial charge < -0.3 is 4.90 Å². The molecule has 0 saturated carbocycles. The van der Waals surface area contributed by atoms with Gasteiger partial charge in [0.25, 0.3) is 5.91 Å². The minimum atomic E-state index is -0.354. The molecule has 0 aliphatic heterocycles. The number of nitrogens with zero attached hydrogens (tertiary/aromatic N) is 1. The third-order valence-electron chi connectivity index (χ3n) is 2.97. The number of alkyl halides is 1. The van der Waals surface area contributed by atoms with Crippen molar-refractivity contribution in [3.05, 3.63) is 33.8 Å². The Hall–Kier alpha value is -0.540. The van der Waals surface area contributed by atoms with Crippen LogP contribution in [0.15, 0.2) is 22.7 Å².